The molecule has 0 heterocycles. The zero-order chi connectivity index (χ0) is 0. The van der Waals surface area contributed by atoms with Gasteiger partial charge in [0.2, 0.25) is 0 Å². The van der Waals surface area contributed by atoms with Gasteiger partial charge in [-0.05, 0) is 0 Å². The molecule has 0 saturated carbocycles. The van der Waals surface area contributed by atoms with Crippen LogP contribution in [0.1, 0.15) is 0 Å². The Bertz CT molecular complexity index is 8.04. The first-order valence-corrected chi connectivity index (χ1v) is 0. The third kappa shape index (κ3) is 36.1. The molecule has 0 rings (SSSR count). The molecule has 0 aliphatic rings. The summed E-state index contributed by atoms with van der Waals surface area (Å²) in [5.41, 5.74) is 0. The zero-order valence-electron chi connectivity index (χ0n) is 3.39. The van der Waals surface area contributed by atoms with E-state index in [9.17, 15) is 0 Å². The molecule has 7 heavy (non-hydrogen) atoms. The Morgan fingerprint density at radius 1 is 0.571 bits per heavy atom. The van der Waals surface area contributed by atoms with E-state index in [4.69, 9.17) is 0 Å². The zero-order valence-corrected chi connectivity index (χ0v) is 17.5. The standard InChI is InChI=1S/5HI.Mg.H3P/h5*1H;;1H3/q;;;;;+2;/p-2. The van der Waals surface area contributed by atoms with E-state index in [0.29, 0.717) is 0 Å². The van der Waals surface area contributed by atoms with Crippen LogP contribution < -0.4 is 48.0 Å². The number of halogens is 5. The van der Waals surface area contributed by atoms with Gasteiger partial charge < -0.3 is 48.0 Å². The van der Waals surface area contributed by atoms with Crippen molar-refractivity contribution in [2.45, 2.75) is 0 Å². The SMILES string of the molecule is I.I.I.P.[I-].[I-].[Mg+2]. The summed E-state index contributed by atoms with van der Waals surface area (Å²) in [6.45, 7) is 0. The second-order valence-corrected chi connectivity index (χ2v) is 0. The molecule has 0 aromatic carbocycles. The minimum atomic E-state index is 0. The largest absolute Gasteiger partial charge is 2.00 e. The van der Waals surface area contributed by atoms with E-state index in [1.54, 1.807) is 0 Å². The topological polar surface area (TPSA) is 0 Å². The minimum absolute atomic E-state index is 0. The van der Waals surface area contributed by atoms with Gasteiger partial charge in [-0.15, -0.1) is 71.9 Å². The maximum absolute atomic E-state index is 0. The van der Waals surface area contributed by atoms with Crippen molar-refractivity contribution in [2.75, 3.05) is 0 Å². The van der Waals surface area contributed by atoms with Gasteiger partial charge in [0.25, 0.3) is 0 Å². The molecular formula is H6I5MgP. The molecule has 0 N–H and O–H groups in total. The van der Waals surface area contributed by atoms with Crippen molar-refractivity contribution in [1.82, 2.24) is 0 Å². The summed E-state index contributed by atoms with van der Waals surface area (Å²) < 4.78 is 0. The van der Waals surface area contributed by atoms with Gasteiger partial charge in [0.15, 0.2) is 0 Å². The molecule has 0 aromatic heterocycles. The third-order valence-electron chi connectivity index (χ3n) is 0. The van der Waals surface area contributed by atoms with E-state index in [1.807, 2.05) is 0 Å². The molecule has 0 aliphatic heterocycles. The number of hydrogen-bond acceptors (Lipinski definition) is 0. The Kier molecular flexibility index (Phi) is 380. The maximum atomic E-state index is 0. The molecule has 0 bridgehead atoms. The van der Waals surface area contributed by atoms with Gasteiger partial charge in [0.05, 0.1) is 0 Å². The monoisotopic (exact) mass is 696 g/mol. The summed E-state index contributed by atoms with van der Waals surface area (Å²) in [7, 11) is 0. The molecule has 0 aromatic rings. The first-order valence-electron chi connectivity index (χ1n) is 0. The van der Waals surface area contributed by atoms with Crippen LogP contribution in [0, 0.1) is 0 Å². The Morgan fingerprint density at radius 3 is 0.571 bits per heavy atom. The number of hydrogen-bond donors (Lipinski definition) is 0. The summed E-state index contributed by atoms with van der Waals surface area (Å²) in [6.07, 6.45) is 0. The van der Waals surface area contributed by atoms with E-state index in [-0.39, 0.29) is 153 Å². The van der Waals surface area contributed by atoms with Gasteiger partial charge in [0.1, 0.15) is 0 Å². The Hall–Kier alpha value is 4.85. The number of rotatable bonds is 0. The molecule has 0 saturated heterocycles. The van der Waals surface area contributed by atoms with Crippen molar-refractivity contribution in [3.05, 3.63) is 0 Å². The van der Waals surface area contributed by atoms with Crippen LogP contribution in [0.5, 0.6) is 0 Å². The van der Waals surface area contributed by atoms with Gasteiger partial charge in [-0.25, -0.2) is 0 Å². The van der Waals surface area contributed by atoms with Gasteiger partial charge in [-0.2, -0.15) is 9.90 Å². The van der Waals surface area contributed by atoms with Gasteiger partial charge >= 0.3 is 23.1 Å². The van der Waals surface area contributed by atoms with Crippen molar-refractivity contribution in [2.24, 2.45) is 0 Å². The maximum Gasteiger partial charge on any atom is 2.00 e. The Labute approximate surface area is 149 Å². The molecule has 48 valence electrons. The van der Waals surface area contributed by atoms with Crippen LogP contribution in [0.25, 0.3) is 0 Å². The van der Waals surface area contributed by atoms with Crippen LogP contribution in [0.3, 0.4) is 0 Å². The van der Waals surface area contributed by atoms with E-state index in [1.165, 1.54) is 0 Å². The quantitative estimate of drug-likeness (QED) is 0.137. The molecule has 1 atom stereocenters. The van der Waals surface area contributed by atoms with Crippen LogP contribution >= 0.6 is 81.8 Å². The van der Waals surface area contributed by atoms with Crippen LogP contribution in [-0.2, 0) is 0 Å². The van der Waals surface area contributed by atoms with Crippen molar-refractivity contribution in [3.63, 3.8) is 0 Å². The summed E-state index contributed by atoms with van der Waals surface area (Å²) in [4.78, 5) is 0. The fourth-order valence-electron chi connectivity index (χ4n) is 0. The van der Waals surface area contributed by atoms with Crippen LogP contribution in [0.15, 0.2) is 0 Å². The summed E-state index contributed by atoms with van der Waals surface area (Å²) in [5.74, 6) is 0. The first kappa shape index (κ1) is 59.3. The molecule has 0 spiro atoms. The summed E-state index contributed by atoms with van der Waals surface area (Å²) >= 11 is 0. The molecule has 0 nitrogen and oxygen atoms in total. The minimum Gasteiger partial charge on any atom is -1.00 e. The van der Waals surface area contributed by atoms with Crippen molar-refractivity contribution in [3.8, 4) is 0 Å². The van der Waals surface area contributed by atoms with E-state index in [2.05, 4.69) is 0 Å². The average Bonchev–Trinajstić information content (AvgIpc) is 0. The van der Waals surface area contributed by atoms with E-state index in [0.717, 1.165) is 0 Å². The second kappa shape index (κ2) is 44.8. The summed E-state index contributed by atoms with van der Waals surface area (Å²) in [6, 6.07) is 0. The molecule has 0 radical (unpaired) electrons. The molecule has 1 unspecified atom stereocenters. The fourth-order valence-corrected chi connectivity index (χ4v) is 0. The predicted octanol–water partition coefficient (Wildman–Crippen LogP) is -4.46. The predicted molar refractivity (Wildman–Crippen MR) is 63.1 cm³/mol. The van der Waals surface area contributed by atoms with Crippen LogP contribution in [0.4, 0.5) is 0 Å². The Morgan fingerprint density at radius 2 is 0.571 bits per heavy atom. The normalized spacial score (nSPS) is 0. The van der Waals surface area contributed by atoms with Gasteiger partial charge in [-0.1, -0.05) is 0 Å². The Balaban J connectivity index is 0. The first-order chi connectivity index (χ1) is 0. The third-order valence-corrected chi connectivity index (χ3v) is 0. The molecular weight excluding hydrogens is 690 g/mol. The van der Waals surface area contributed by atoms with E-state index < -0.39 is 0 Å². The van der Waals surface area contributed by atoms with Gasteiger partial charge in [0, 0.05) is 0 Å². The molecule has 0 fully saturated rings. The van der Waals surface area contributed by atoms with Crippen molar-refractivity contribution < 1.29 is 48.0 Å². The average molecular weight is 696 g/mol. The summed E-state index contributed by atoms with van der Waals surface area (Å²) in [5, 5.41) is 0. The molecule has 0 aliphatic carbocycles. The molecule has 0 amide bonds. The van der Waals surface area contributed by atoms with Crippen LogP contribution in [-0.4, -0.2) is 23.1 Å². The smallest absolute Gasteiger partial charge is 1.00 e. The second-order valence-electron chi connectivity index (χ2n) is 0. The van der Waals surface area contributed by atoms with E-state index >= 15 is 0 Å². The molecule has 7 heteroatoms. The van der Waals surface area contributed by atoms with Crippen molar-refractivity contribution in [1.29, 1.82) is 0 Å². The van der Waals surface area contributed by atoms with Crippen molar-refractivity contribution >= 4 is 105 Å². The van der Waals surface area contributed by atoms with Crippen LogP contribution in [0.2, 0.25) is 0 Å². The fraction of sp³-hybridized carbons (Fsp3) is 0. The van der Waals surface area contributed by atoms with Gasteiger partial charge in [-0.3, -0.25) is 0 Å².